The summed E-state index contributed by atoms with van der Waals surface area (Å²) in [5.74, 6) is 0.00503. The molecule has 0 bridgehead atoms. The maximum absolute atomic E-state index is 13.1. The van der Waals surface area contributed by atoms with Crippen molar-refractivity contribution in [2.24, 2.45) is 5.10 Å². The lowest BCUT2D eigenvalue weighted by atomic mass is 10.1. The Bertz CT molecular complexity index is 1590. The van der Waals surface area contributed by atoms with Crippen LogP contribution in [-0.2, 0) is 4.79 Å². The fourth-order valence-electron chi connectivity index (χ4n) is 3.80. The molecule has 1 aliphatic heterocycles. The highest BCUT2D eigenvalue weighted by molar-refractivity contribution is 6.05. The monoisotopic (exact) mass is 523 g/mol. The molecule has 2 amide bonds. The van der Waals surface area contributed by atoms with Crippen LogP contribution in [0.15, 0.2) is 102 Å². The van der Waals surface area contributed by atoms with Crippen LogP contribution in [0, 0.1) is 10.1 Å². The Hall–Kier alpha value is -5.71. The van der Waals surface area contributed by atoms with E-state index < -0.39 is 16.7 Å². The average molecular weight is 524 g/mol. The molecule has 0 atom stereocenters. The summed E-state index contributed by atoms with van der Waals surface area (Å²) in [5.41, 5.74) is 4.66. The van der Waals surface area contributed by atoms with Crippen LogP contribution in [0.3, 0.4) is 0 Å². The molecule has 0 radical (unpaired) electrons. The third-order valence-electron chi connectivity index (χ3n) is 5.72. The van der Waals surface area contributed by atoms with E-state index in [2.05, 4.69) is 15.8 Å². The first kappa shape index (κ1) is 25.0. The van der Waals surface area contributed by atoms with Crippen LogP contribution >= 0.6 is 0 Å². The number of hydrazone groups is 1. The number of benzene rings is 3. The highest BCUT2D eigenvalue weighted by atomic mass is 16.7. The molecule has 5 rings (SSSR count). The first-order valence-corrected chi connectivity index (χ1v) is 11.7. The molecule has 0 fully saturated rings. The summed E-state index contributed by atoms with van der Waals surface area (Å²) in [5, 5.41) is 17.6. The van der Waals surface area contributed by atoms with E-state index in [0.29, 0.717) is 34.0 Å². The number of non-ortho nitro benzene ring substituents is 1. The second-order valence-electron chi connectivity index (χ2n) is 8.27. The van der Waals surface area contributed by atoms with Gasteiger partial charge in [-0.15, -0.1) is 0 Å². The first-order chi connectivity index (χ1) is 19.0. The highest BCUT2D eigenvalue weighted by Gasteiger charge is 2.17. The van der Waals surface area contributed by atoms with Gasteiger partial charge >= 0.3 is 0 Å². The molecule has 194 valence electrons. The SMILES string of the molecule is O=C(NN=Cc1cccn1-c1ccc([N+](=O)[O-])cc1)C(=Cc1ccc2c(c1)OCO2)NC(=O)c1ccccc1. The van der Waals surface area contributed by atoms with Crippen LogP contribution in [0.2, 0.25) is 0 Å². The Balaban J connectivity index is 1.35. The van der Waals surface area contributed by atoms with Gasteiger partial charge in [-0.25, -0.2) is 5.43 Å². The molecule has 11 nitrogen and oxygen atoms in total. The zero-order valence-electron chi connectivity index (χ0n) is 20.3. The average Bonchev–Trinajstić information content (AvgIpc) is 3.62. The number of hydrogen-bond donors (Lipinski definition) is 2. The lowest BCUT2D eigenvalue weighted by Gasteiger charge is -2.10. The molecular weight excluding hydrogens is 502 g/mol. The Morgan fingerprint density at radius 1 is 0.949 bits per heavy atom. The van der Waals surface area contributed by atoms with E-state index in [1.807, 2.05) is 0 Å². The van der Waals surface area contributed by atoms with Crippen molar-refractivity contribution in [2.45, 2.75) is 0 Å². The number of carbonyl (C=O) groups is 2. The fraction of sp³-hybridized carbons (Fsp3) is 0.0357. The maximum atomic E-state index is 13.1. The number of ether oxygens (including phenoxy) is 2. The molecule has 0 aliphatic carbocycles. The molecule has 0 saturated heterocycles. The van der Waals surface area contributed by atoms with Crippen molar-refractivity contribution < 1.29 is 24.0 Å². The first-order valence-electron chi connectivity index (χ1n) is 11.7. The van der Waals surface area contributed by atoms with E-state index in [-0.39, 0.29) is 18.2 Å². The van der Waals surface area contributed by atoms with Crippen LogP contribution < -0.4 is 20.2 Å². The van der Waals surface area contributed by atoms with Gasteiger partial charge in [0, 0.05) is 29.6 Å². The molecular formula is C28H21N5O6. The fourth-order valence-corrected chi connectivity index (χ4v) is 3.80. The Morgan fingerprint density at radius 3 is 2.49 bits per heavy atom. The van der Waals surface area contributed by atoms with Crippen molar-refractivity contribution >= 4 is 29.8 Å². The van der Waals surface area contributed by atoms with Gasteiger partial charge in [0.05, 0.1) is 16.8 Å². The molecule has 2 heterocycles. The van der Waals surface area contributed by atoms with Crippen molar-refractivity contribution in [2.75, 3.05) is 6.79 Å². The summed E-state index contributed by atoms with van der Waals surface area (Å²) in [6.45, 7) is 0.108. The van der Waals surface area contributed by atoms with Crippen molar-refractivity contribution in [3.05, 3.63) is 124 Å². The molecule has 4 aromatic rings. The van der Waals surface area contributed by atoms with Crippen LogP contribution in [0.5, 0.6) is 11.5 Å². The second kappa shape index (κ2) is 11.1. The van der Waals surface area contributed by atoms with Crippen molar-refractivity contribution in [1.82, 2.24) is 15.3 Å². The van der Waals surface area contributed by atoms with Gasteiger partial charge in [-0.3, -0.25) is 19.7 Å². The predicted molar refractivity (Wildman–Crippen MR) is 143 cm³/mol. The van der Waals surface area contributed by atoms with E-state index in [1.165, 1.54) is 24.4 Å². The Labute approximate surface area is 222 Å². The van der Waals surface area contributed by atoms with E-state index in [1.54, 1.807) is 83.6 Å². The molecule has 1 aromatic heterocycles. The van der Waals surface area contributed by atoms with Crippen molar-refractivity contribution in [1.29, 1.82) is 0 Å². The van der Waals surface area contributed by atoms with Crippen LogP contribution in [-0.4, -0.2) is 34.3 Å². The highest BCUT2D eigenvalue weighted by Crippen LogP contribution is 2.33. The third-order valence-corrected chi connectivity index (χ3v) is 5.72. The number of aromatic nitrogens is 1. The van der Waals surface area contributed by atoms with E-state index >= 15 is 0 Å². The Morgan fingerprint density at radius 2 is 1.72 bits per heavy atom. The minimum Gasteiger partial charge on any atom is -0.454 e. The summed E-state index contributed by atoms with van der Waals surface area (Å²) in [4.78, 5) is 36.4. The number of carbonyl (C=O) groups excluding carboxylic acids is 2. The maximum Gasteiger partial charge on any atom is 0.287 e. The predicted octanol–water partition coefficient (Wildman–Crippen LogP) is 4.04. The Kier molecular flexibility index (Phi) is 7.13. The zero-order valence-corrected chi connectivity index (χ0v) is 20.3. The molecule has 39 heavy (non-hydrogen) atoms. The number of nitrogens with zero attached hydrogens (tertiary/aromatic N) is 3. The minimum absolute atomic E-state index is 0.0206. The molecule has 3 aromatic carbocycles. The molecule has 0 unspecified atom stereocenters. The summed E-state index contributed by atoms with van der Waals surface area (Å²) in [6.07, 6.45) is 4.69. The van der Waals surface area contributed by atoms with Gasteiger partial charge in [0.1, 0.15) is 5.70 Å². The van der Waals surface area contributed by atoms with E-state index in [0.717, 1.165) is 0 Å². The standard InChI is InChI=1S/C28H21N5O6/c34-27(20-5-2-1-3-6-20)30-24(15-19-8-13-25-26(16-19)39-18-38-25)28(35)31-29-17-23-7-4-14-32(23)21-9-11-22(12-10-21)33(36)37/h1-17H,18H2,(H,30,34)(H,31,35). The lowest BCUT2D eigenvalue weighted by molar-refractivity contribution is -0.384. The van der Waals surface area contributed by atoms with Gasteiger partial charge in [0.15, 0.2) is 11.5 Å². The summed E-state index contributed by atoms with van der Waals surface area (Å²) in [7, 11) is 0. The topological polar surface area (TPSA) is 137 Å². The molecule has 2 N–H and O–H groups in total. The van der Waals surface area contributed by atoms with Gasteiger partial charge in [-0.2, -0.15) is 5.10 Å². The number of amides is 2. The van der Waals surface area contributed by atoms with Gasteiger partial charge < -0.3 is 19.4 Å². The second-order valence-corrected chi connectivity index (χ2v) is 8.27. The zero-order chi connectivity index (χ0) is 27.2. The smallest absolute Gasteiger partial charge is 0.287 e. The van der Waals surface area contributed by atoms with E-state index in [9.17, 15) is 19.7 Å². The normalized spacial score (nSPS) is 12.4. The van der Waals surface area contributed by atoms with Crippen LogP contribution in [0.1, 0.15) is 21.6 Å². The lowest BCUT2D eigenvalue weighted by Crippen LogP contribution is -2.32. The summed E-state index contributed by atoms with van der Waals surface area (Å²) >= 11 is 0. The molecule has 0 saturated carbocycles. The number of rotatable bonds is 8. The third kappa shape index (κ3) is 5.83. The molecule has 0 spiro atoms. The summed E-state index contributed by atoms with van der Waals surface area (Å²) < 4.78 is 12.5. The molecule has 1 aliphatic rings. The van der Waals surface area contributed by atoms with Gasteiger partial charge in [0.25, 0.3) is 17.5 Å². The van der Waals surface area contributed by atoms with Crippen molar-refractivity contribution in [3.63, 3.8) is 0 Å². The van der Waals surface area contributed by atoms with E-state index in [4.69, 9.17) is 9.47 Å². The van der Waals surface area contributed by atoms with Crippen molar-refractivity contribution in [3.8, 4) is 17.2 Å². The van der Waals surface area contributed by atoms with Crippen LogP contribution in [0.25, 0.3) is 11.8 Å². The van der Waals surface area contributed by atoms with Crippen LogP contribution in [0.4, 0.5) is 5.69 Å². The largest absolute Gasteiger partial charge is 0.454 e. The molecule has 11 heteroatoms. The number of nitro groups is 1. The van der Waals surface area contributed by atoms with Gasteiger partial charge in [0.2, 0.25) is 6.79 Å². The van der Waals surface area contributed by atoms with Gasteiger partial charge in [-0.05, 0) is 60.2 Å². The number of fused-ring (bicyclic) bond motifs is 1. The quantitative estimate of drug-likeness (QED) is 0.155. The number of hydrogen-bond acceptors (Lipinski definition) is 7. The summed E-state index contributed by atoms with van der Waals surface area (Å²) in [6, 6.07) is 23.2. The number of nitrogens with one attached hydrogen (secondary N) is 2. The number of nitro benzene ring substituents is 1. The van der Waals surface area contributed by atoms with Gasteiger partial charge in [-0.1, -0.05) is 24.3 Å². The minimum atomic E-state index is -0.651.